The number of nitrogens with one attached hydrogen (secondary N) is 2. The molecule has 34 heavy (non-hydrogen) atoms. The molecule has 0 saturated heterocycles. The quantitative estimate of drug-likeness (QED) is 0.286. The average Bonchev–Trinajstić information content (AvgIpc) is 2.83. The first-order valence-electron chi connectivity index (χ1n) is 10.1. The number of nitrogens with zero attached hydrogens (tertiary/aromatic N) is 2. The van der Waals surface area contributed by atoms with Crippen molar-refractivity contribution in [2.75, 3.05) is 30.9 Å². The molecule has 0 aliphatic carbocycles. The Morgan fingerprint density at radius 2 is 1.62 bits per heavy atom. The van der Waals surface area contributed by atoms with Crippen LogP contribution in [0.1, 0.15) is 26.3 Å². The Morgan fingerprint density at radius 1 is 0.971 bits per heavy atom. The van der Waals surface area contributed by atoms with Crippen molar-refractivity contribution in [3.05, 3.63) is 98.6 Å². The van der Waals surface area contributed by atoms with Crippen LogP contribution in [-0.2, 0) is 4.79 Å². The maximum Gasteiger partial charge on any atom is 0.293 e. The summed E-state index contributed by atoms with van der Waals surface area (Å²) in [7, 11) is 3.32. The minimum Gasteiger partial charge on any atom is -0.372 e. The van der Waals surface area contributed by atoms with Gasteiger partial charge in [-0.05, 0) is 42.5 Å². The molecular weight excluding hydrogens is 460 g/mol. The molecule has 0 aliphatic rings. The van der Waals surface area contributed by atoms with E-state index in [1.54, 1.807) is 55.4 Å². The molecule has 174 valence electrons. The zero-order valence-electron chi connectivity index (χ0n) is 18.4. The van der Waals surface area contributed by atoms with Gasteiger partial charge in [0.1, 0.15) is 5.69 Å². The molecule has 0 heterocycles. The van der Waals surface area contributed by atoms with Crippen LogP contribution in [0.5, 0.6) is 0 Å². The van der Waals surface area contributed by atoms with Crippen LogP contribution in [0, 0.1) is 10.1 Å². The number of anilines is 2. The van der Waals surface area contributed by atoms with Crippen LogP contribution in [0.4, 0.5) is 17.1 Å². The number of ketones is 1. The van der Waals surface area contributed by atoms with E-state index in [1.165, 1.54) is 30.3 Å². The second kappa shape index (κ2) is 10.6. The third-order valence-corrected chi connectivity index (χ3v) is 5.12. The summed E-state index contributed by atoms with van der Waals surface area (Å²) in [6.07, 6.45) is 0. The summed E-state index contributed by atoms with van der Waals surface area (Å²) in [6, 6.07) is 16.7. The molecule has 3 rings (SSSR count). The number of nitro groups is 1. The lowest BCUT2D eigenvalue weighted by Crippen LogP contribution is -2.33. The molecule has 0 fully saturated rings. The molecular formula is C24H21ClN4O5. The topological polar surface area (TPSA) is 122 Å². The van der Waals surface area contributed by atoms with Gasteiger partial charge < -0.3 is 15.5 Å². The third kappa shape index (κ3) is 5.76. The monoisotopic (exact) mass is 480 g/mol. The smallest absolute Gasteiger partial charge is 0.293 e. The van der Waals surface area contributed by atoms with Gasteiger partial charge in [-0.25, -0.2) is 0 Å². The van der Waals surface area contributed by atoms with Gasteiger partial charge in [0.15, 0.2) is 5.78 Å². The van der Waals surface area contributed by atoms with Crippen LogP contribution in [-0.4, -0.2) is 43.2 Å². The maximum absolute atomic E-state index is 13.1. The number of rotatable bonds is 8. The van der Waals surface area contributed by atoms with E-state index >= 15 is 0 Å². The van der Waals surface area contributed by atoms with E-state index in [9.17, 15) is 24.5 Å². The molecule has 2 N–H and O–H groups in total. The van der Waals surface area contributed by atoms with Crippen LogP contribution in [0.2, 0.25) is 5.02 Å². The lowest BCUT2D eigenvalue weighted by molar-refractivity contribution is -0.384. The van der Waals surface area contributed by atoms with Gasteiger partial charge >= 0.3 is 0 Å². The highest BCUT2D eigenvalue weighted by molar-refractivity contribution is 6.30. The van der Waals surface area contributed by atoms with Crippen LogP contribution >= 0.6 is 11.6 Å². The lowest BCUT2D eigenvalue weighted by atomic mass is 9.97. The molecule has 0 spiro atoms. The van der Waals surface area contributed by atoms with E-state index in [0.29, 0.717) is 16.4 Å². The number of carbonyl (C=O) groups excluding carboxylic acids is 3. The molecule has 2 amide bonds. The molecule has 0 aliphatic heterocycles. The van der Waals surface area contributed by atoms with Crippen molar-refractivity contribution in [2.24, 2.45) is 0 Å². The van der Waals surface area contributed by atoms with Crippen molar-refractivity contribution >= 4 is 46.3 Å². The number of nitro benzene ring substituents is 1. The standard InChI is InChI=1S/C24H21ClN4O5/c1-28(2)20-12-7-15(13-21(20)29(33)34)23(31)18-5-3-4-6-19(18)24(32)26-14-22(30)27-17-10-8-16(25)9-11-17/h3-13H,14H2,1-2H3,(H,26,32)(H,27,30). The zero-order valence-corrected chi connectivity index (χ0v) is 19.1. The average molecular weight is 481 g/mol. The first kappa shape index (κ1) is 24.4. The molecule has 3 aromatic rings. The lowest BCUT2D eigenvalue weighted by Gasteiger charge is -2.14. The number of hydrogen-bond acceptors (Lipinski definition) is 6. The van der Waals surface area contributed by atoms with E-state index in [0.717, 1.165) is 0 Å². The van der Waals surface area contributed by atoms with Gasteiger partial charge in [0, 0.05) is 42.0 Å². The molecule has 0 unspecified atom stereocenters. The Labute approximate surface area is 200 Å². The van der Waals surface area contributed by atoms with Crippen molar-refractivity contribution < 1.29 is 19.3 Å². The summed E-state index contributed by atoms with van der Waals surface area (Å²) in [5, 5.41) is 17.1. The summed E-state index contributed by atoms with van der Waals surface area (Å²) < 4.78 is 0. The van der Waals surface area contributed by atoms with E-state index in [2.05, 4.69) is 10.6 Å². The molecule has 0 aromatic heterocycles. The first-order chi connectivity index (χ1) is 16.2. The second-order valence-electron chi connectivity index (χ2n) is 7.47. The van der Waals surface area contributed by atoms with Gasteiger partial charge in [-0.1, -0.05) is 29.8 Å². The molecule has 9 nitrogen and oxygen atoms in total. The van der Waals surface area contributed by atoms with Gasteiger partial charge in [0.05, 0.1) is 17.0 Å². The van der Waals surface area contributed by atoms with E-state index in [-0.39, 0.29) is 28.9 Å². The van der Waals surface area contributed by atoms with Gasteiger partial charge in [-0.3, -0.25) is 24.5 Å². The Bertz CT molecular complexity index is 1260. The van der Waals surface area contributed by atoms with Crippen molar-refractivity contribution in [2.45, 2.75) is 0 Å². The van der Waals surface area contributed by atoms with Crippen LogP contribution < -0.4 is 15.5 Å². The minimum atomic E-state index is -0.630. The fourth-order valence-electron chi connectivity index (χ4n) is 3.22. The van der Waals surface area contributed by atoms with Gasteiger partial charge in [-0.15, -0.1) is 0 Å². The van der Waals surface area contributed by atoms with E-state index in [4.69, 9.17) is 11.6 Å². The second-order valence-corrected chi connectivity index (χ2v) is 7.90. The Morgan fingerprint density at radius 3 is 2.24 bits per heavy atom. The number of carbonyl (C=O) groups is 3. The summed E-state index contributed by atoms with van der Waals surface area (Å²) in [6.45, 7) is -0.326. The highest BCUT2D eigenvalue weighted by atomic mass is 35.5. The van der Waals surface area contributed by atoms with Crippen molar-refractivity contribution in [1.29, 1.82) is 0 Å². The first-order valence-corrected chi connectivity index (χ1v) is 10.5. The van der Waals surface area contributed by atoms with Crippen LogP contribution in [0.25, 0.3) is 0 Å². The Kier molecular flexibility index (Phi) is 7.60. The maximum atomic E-state index is 13.1. The van der Waals surface area contributed by atoms with Gasteiger partial charge in [0.2, 0.25) is 5.91 Å². The minimum absolute atomic E-state index is 0.0473. The summed E-state index contributed by atoms with van der Waals surface area (Å²) in [4.78, 5) is 50.5. The van der Waals surface area contributed by atoms with Crippen LogP contribution in [0.15, 0.2) is 66.7 Å². The van der Waals surface area contributed by atoms with E-state index < -0.39 is 22.5 Å². The molecule has 0 atom stereocenters. The SMILES string of the molecule is CN(C)c1ccc(C(=O)c2ccccc2C(=O)NCC(=O)Nc2ccc(Cl)cc2)cc1[N+](=O)[O-]. The fraction of sp³-hybridized carbons (Fsp3) is 0.125. The van der Waals surface area contributed by atoms with Gasteiger partial charge in [-0.2, -0.15) is 0 Å². The Hall–Kier alpha value is -4.24. The number of benzene rings is 3. The third-order valence-electron chi connectivity index (χ3n) is 4.87. The highest BCUT2D eigenvalue weighted by Crippen LogP contribution is 2.29. The van der Waals surface area contributed by atoms with E-state index in [1.807, 2.05) is 0 Å². The molecule has 0 radical (unpaired) electrons. The summed E-state index contributed by atoms with van der Waals surface area (Å²) in [5.74, 6) is -1.64. The predicted molar refractivity (Wildman–Crippen MR) is 130 cm³/mol. The summed E-state index contributed by atoms with van der Waals surface area (Å²) >= 11 is 5.82. The number of amides is 2. The normalized spacial score (nSPS) is 10.3. The van der Waals surface area contributed by atoms with Gasteiger partial charge in [0.25, 0.3) is 11.6 Å². The zero-order chi connectivity index (χ0) is 24.8. The van der Waals surface area contributed by atoms with Crippen molar-refractivity contribution in [1.82, 2.24) is 5.32 Å². The van der Waals surface area contributed by atoms with Crippen molar-refractivity contribution in [3.8, 4) is 0 Å². The predicted octanol–water partition coefficient (Wildman–Crippen LogP) is 3.91. The molecule has 3 aromatic carbocycles. The molecule has 0 saturated carbocycles. The largest absolute Gasteiger partial charge is 0.372 e. The molecule has 10 heteroatoms. The Balaban J connectivity index is 1.77. The number of hydrogen-bond donors (Lipinski definition) is 2. The van der Waals surface area contributed by atoms with Crippen molar-refractivity contribution in [3.63, 3.8) is 0 Å². The molecule has 0 bridgehead atoms. The highest BCUT2D eigenvalue weighted by Gasteiger charge is 2.23. The van der Waals surface area contributed by atoms with Crippen LogP contribution in [0.3, 0.4) is 0 Å². The number of halogens is 1. The summed E-state index contributed by atoms with van der Waals surface area (Å²) in [5.41, 5.74) is 0.812. The fourth-order valence-corrected chi connectivity index (χ4v) is 3.34.